The van der Waals surface area contributed by atoms with Crippen molar-refractivity contribution in [3.8, 4) is 0 Å². The Morgan fingerprint density at radius 3 is 2.89 bits per heavy atom. The van der Waals surface area contributed by atoms with E-state index in [1.807, 2.05) is 12.1 Å². The van der Waals surface area contributed by atoms with Gasteiger partial charge in [-0.05, 0) is 36.5 Å². The van der Waals surface area contributed by atoms with Gasteiger partial charge in [-0.1, -0.05) is 61.4 Å². The molecule has 1 saturated carbocycles. The van der Waals surface area contributed by atoms with Gasteiger partial charge in [0.1, 0.15) is 5.58 Å². The number of benzene rings is 1. The first kappa shape index (κ1) is 18.5. The van der Waals surface area contributed by atoms with E-state index in [0.717, 1.165) is 32.4 Å². The Hall–Kier alpha value is -1.86. The number of hydrogen-bond acceptors (Lipinski definition) is 7. The Morgan fingerprint density at radius 1 is 1.22 bits per heavy atom. The van der Waals surface area contributed by atoms with E-state index in [0.29, 0.717) is 17.4 Å². The van der Waals surface area contributed by atoms with Crippen molar-refractivity contribution in [3.63, 3.8) is 0 Å². The molecule has 2 aromatic heterocycles. The van der Waals surface area contributed by atoms with Crippen molar-refractivity contribution in [1.82, 2.24) is 10.2 Å². The summed E-state index contributed by atoms with van der Waals surface area (Å²) in [6.07, 6.45) is 7.28. The van der Waals surface area contributed by atoms with Crippen molar-refractivity contribution in [3.05, 3.63) is 45.8 Å². The molecule has 3 aromatic rings. The molecule has 0 atom stereocenters. The number of aryl methyl sites for hydroxylation is 1. The van der Waals surface area contributed by atoms with E-state index in [9.17, 15) is 4.79 Å². The molecule has 1 aromatic carbocycles. The van der Waals surface area contributed by atoms with Crippen molar-refractivity contribution in [1.29, 1.82) is 0 Å². The third-order valence-electron chi connectivity index (χ3n) is 4.99. The molecule has 4 rings (SSSR count). The quantitative estimate of drug-likeness (QED) is 0.450. The second-order valence-electron chi connectivity index (χ2n) is 6.92. The lowest BCUT2D eigenvalue weighted by Gasteiger charge is -2.21. The van der Waals surface area contributed by atoms with Gasteiger partial charge in [-0.15, -0.1) is 10.2 Å². The molecule has 142 valence electrons. The Morgan fingerprint density at radius 2 is 2.07 bits per heavy atom. The minimum Gasteiger partial charge on any atom is -0.423 e. The van der Waals surface area contributed by atoms with Gasteiger partial charge in [-0.25, -0.2) is 4.79 Å². The fourth-order valence-corrected chi connectivity index (χ4v) is 5.32. The Balaban J connectivity index is 1.46. The van der Waals surface area contributed by atoms with Gasteiger partial charge >= 0.3 is 5.63 Å². The Bertz CT molecular complexity index is 977. The molecule has 0 radical (unpaired) electrons. The van der Waals surface area contributed by atoms with Crippen LogP contribution in [0.5, 0.6) is 0 Å². The van der Waals surface area contributed by atoms with Gasteiger partial charge in [-0.3, -0.25) is 0 Å². The van der Waals surface area contributed by atoms with Gasteiger partial charge in [-0.2, -0.15) is 0 Å². The highest BCUT2D eigenvalue weighted by Crippen LogP contribution is 2.31. The third-order valence-corrected chi connectivity index (χ3v) is 7.03. The number of aromatic nitrogens is 2. The predicted molar refractivity (Wildman–Crippen MR) is 112 cm³/mol. The number of thioether (sulfide) groups is 1. The molecule has 0 aliphatic heterocycles. The monoisotopic (exact) mass is 401 g/mol. The fraction of sp³-hybridized carbons (Fsp3) is 0.450. The zero-order valence-electron chi connectivity index (χ0n) is 15.4. The van der Waals surface area contributed by atoms with Crippen molar-refractivity contribution >= 4 is 39.2 Å². The molecule has 1 N–H and O–H groups in total. The van der Waals surface area contributed by atoms with Gasteiger partial charge in [0.2, 0.25) is 5.13 Å². The molecule has 1 aliphatic rings. The number of rotatable bonds is 6. The number of anilines is 1. The summed E-state index contributed by atoms with van der Waals surface area (Å²) in [7, 11) is 0. The maximum Gasteiger partial charge on any atom is 0.336 e. The molecule has 0 spiro atoms. The number of hydrogen-bond donors (Lipinski definition) is 1. The summed E-state index contributed by atoms with van der Waals surface area (Å²) in [6, 6.07) is 8.21. The standard InChI is InChI=1S/C20H23N3O2S2/c1-2-13-8-9-16-14(11-18(24)25-17(16)10-13)12-26-20-23-22-19(27-20)21-15-6-4-3-5-7-15/h8-11,15H,2-7,12H2,1H3,(H,21,22). The summed E-state index contributed by atoms with van der Waals surface area (Å²) in [5, 5.41) is 14.0. The molecule has 1 fully saturated rings. The van der Waals surface area contributed by atoms with Crippen LogP contribution in [0.25, 0.3) is 11.0 Å². The topological polar surface area (TPSA) is 68.0 Å². The lowest BCUT2D eigenvalue weighted by Crippen LogP contribution is -2.21. The highest BCUT2D eigenvalue weighted by molar-refractivity contribution is 8.00. The van der Waals surface area contributed by atoms with Crippen molar-refractivity contribution in [2.24, 2.45) is 0 Å². The van der Waals surface area contributed by atoms with Crippen LogP contribution in [0.4, 0.5) is 5.13 Å². The molecular formula is C20H23N3O2S2. The first-order valence-corrected chi connectivity index (χ1v) is 11.3. The zero-order valence-corrected chi connectivity index (χ0v) is 17.0. The van der Waals surface area contributed by atoms with Crippen LogP contribution in [0.3, 0.4) is 0 Å². The van der Waals surface area contributed by atoms with E-state index in [2.05, 4.69) is 28.5 Å². The van der Waals surface area contributed by atoms with Gasteiger partial charge in [0.05, 0.1) is 0 Å². The van der Waals surface area contributed by atoms with Gasteiger partial charge < -0.3 is 9.73 Å². The smallest absolute Gasteiger partial charge is 0.336 e. The van der Waals surface area contributed by atoms with Crippen molar-refractivity contribution in [2.45, 2.75) is 61.6 Å². The second kappa shape index (κ2) is 8.44. The van der Waals surface area contributed by atoms with Crippen LogP contribution in [-0.4, -0.2) is 16.2 Å². The van der Waals surface area contributed by atoms with E-state index in [1.165, 1.54) is 32.1 Å². The summed E-state index contributed by atoms with van der Waals surface area (Å²) in [4.78, 5) is 11.9. The van der Waals surface area contributed by atoms with E-state index in [1.54, 1.807) is 29.2 Å². The van der Waals surface area contributed by atoms with Crippen LogP contribution < -0.4 is 10.9 Å². The molecule has 0 unspecified atom stereocenters. The van der Waals surface area contributed by atoms with Crippen LogP contribution in [0.1, 0.15) is 50.2 Å². The molecular weight excluding hydrogens is 378 g/mol. The Kier molecular flexibility index (Phi) is 5.78. The van der Waals surface area contributed by atoms with E-state index < -0.39 is 0 Å². The lowest BCUT2D eigenvalue weighted by molar-refractivity contribution is 0.462. The number of nitrogens with zero attached hydrogens (tertiary/aromatic N) is 2. The van der Waals surface area contributed by atoms with Crippen LogP contribution in [0.2, 0.25) is 0 Å². The van der Waals surface area contributed by atoms with E-state index >= 15 is 0 Å². The maximum atomic E-state index is 11.9. The third kappa shape index (κ3) is 4.52. The first-order valence-electron chi connectivity index (χ1n) is 9.50. The minimum absolute atomic E-state index is 0.303. The summed E-state index contributed by atoms with van der Waals surface area (Å²) < 4.78 is 6.30. The van der Waals surface area contributed by atoms with Crippen LogP contribution in [0.15, 0.2) is 37.8 Å². The van der Waals surface area contributed by atoms with Crippen molar-refractivity contribution < 1.29 is 4.42 Å². The molecule has 2 heterocycles. The molecule has 0 amide bonds. The first-order chi connectivity index (χ1) is 13.2. The highest BCUT2D eigenvalue weighted by Gasteiger charge is 2.15. The summed E-state index contributed by atoms with van der Waals surface area (Å²) in [5.41, 5.74) is 2.50. The number of fused-ring (bicyclic) bond motifs is 1. The second-order valence-corrected chi connectivity index (χ2v) is 9.12. The molecule has 0 bridgehead atoms. The average molecular weight is 402 g/mol. The van der Waals surface area contributed by atoms with Crippen LogP contribution in [0, 0.1) is 0 Å². The van der Waals surface area contributed by atoms with Crippen LogP contribution >= 0.6 is 23.1 Å². The molecule has 1 aliphatic carbocycles. The SMILES string of the molecule is CCc1ccc2c(CSc3nnc(NC4CCCCC4)s3)cc(=O)oc2c1. The van der Waals surface area contributed by atoms with Crippen LogP contribution in [-0.2, 0) is 12.2 Å². The van der Waals surface area contributed by atoms with Gasteiger partial charge in [0, 0.05) is 23.2 Å². The zero-order chi connectivity index (χ0) is 18.6. The summed E-state index contributed by atoms with van der Waals surface area (Å²) in [6.45, 7) is 2.09. The van der Waals surface area contributed by atoms with Gasteiger partial charge in [0.25, 0.3) is 0 Å². The normalized spacial score (nSPS) is 15.3. The molecule has 7 heteroatoms. The lowest BCUT2D eigenvalue weighted by atomic mass is 9.96. The molecule has 27 heavy (non-hydrogen) atoms. The summed E-state index contributed by atoms with van der Waals surface area (Å²) in [5.74, 6) is 0.672. The fourth-order valence-electron chi connectivity index (χ4n) is 3.50. The minimum atomic E-state index is -0.303. The predicted octanol–water partition coefficient (Wildman–Crippen LogP) is 5.24. The number of nitrogens with one attached hydrogen (secondary N) is 1. The highest BCUT2D eigenvalue weighted by atomic mass is 32.2. The maximum absolute atomic E-state index is 11.9. The van der Waals surface area contributed by atoms with Crippen molar-refractivity contribution in [2.75, 3.05) is 5.32 Å². The van der Waals surface area contributed by atoms with E-state index in [-0.39, 0.29) is 5.63 Å². The summed E-state index contributed by atoms with van der Waals surface area (Å²) >= 11 is 3.20. The Labute approximate surface area is 166 Å². The van der Waals surface area contributed by atoms with E-state index in [4.69, 9.17) is 4.42 Å². The van der Waals surface area contributed by atoms with Gasteiger partial charge in [0.15, 0.2) is 4.34 Å². The molecule has 5 nitrogen and oxygen atoms in total. The average Bonchev–Trinajstić information content (AvgIpc) is 3.13. The molecule has 0 saturated heterocycles. The largest absolute Gasteiger partial charge is 0.423 e.